The van der Waals surface area contributed by atoms with Crippen molar-refractivity contribution in [2.24, 2.45) is 0 Å². The molecule has 0 saturated carbocycles. The highest BCUT2D eigenvalue weighted by Crippen LogP contribution is 2.08. The van der Waals surface area contributed by atoms with Gasteiger partial charge in [-0.3, -0.25) is 0 Å². The van der Waals surface area contributed by atoms with Crippen LogP contribution in [-0.4, -0.2) is 28.2 Å². The summed E-state index contributed by atoms with van der Waals surface area (Å²) in [5, 5.41) is 6.78. The number of carbonyl (C=O) groups is 1. The highest BCUT2D eigenvalue weighted by Gasteiger charge is 2.11. The van der Waals surface area contributed by atoms with E-state index in [-0.39, 0.29) is 5.82 Å². The minimum atomic E-state index is -0.566. The van der Waals surface area contributed by atoms with Crippen LogP contribution in [0.1, 0.15) is 22.0 Å². The topological polar surface area (TPSA) is 90.1 Å². The number of anilines is 1. The summed E-state index contributed by atoms with van der Waals surface area (Å²) in [6.45, 7) is 2.23. The number of carbonyl (C=O) groups excluding carboxylic acids is 1. The molecule has 18 heavy (non-hydrogen) atoms. The van der Waals surface area contributed by atoms with E-state index < -0.39 is 5.97 Å². The molecule has 0 fully saturated rings. The number of nitrogens with zero attached hydrogens (tertiary/aromatic N) is 3. The number of aromatic nitrogens is 3. The first-order valence-electron chi connectivity index (χ1n) is 5.26. The minimum absolute atomic E-state index is 0.0279. The smallest absolute Gasteiger partial charge is 0.376 e. The summed E-state index contributed by atoms with van der Waals surface area (Å²) in [5.41, 5.74) is 1.42. The Labute approximate surface area is 103 Å². The van der Waals surface area contributed by atoms with Crippen molar-refractivity contribution in [2.45, 2.75) is 13.5 Å². The first-order chi connectivity index (χ1) is 8.69. The largest absolute Gasteiger partial charge is 0.463 e. The summed E-state index contributed by atoms with van der Waals surface area (Å²) in [4.78, 5) is 19.4. The molecule has 7 nitrogen and oxygen atoms in total. The molecule has 0 atom stereocenters. The van der Waals surface area contributed by atoms with Crippen molar-refractivity contribution in [2.75, 3.05) is 12.4 Å². The molecular weight excluding hydrogens is 236 g/mol. The lowest BCUT2D eigenvalue weighted by molar-refractivity contribution is 0.0586. The fourth-order valence-corrected chi connectivity index (χ4v) is 1.35. The summed E-state index contributed by atoms with van der Waals surface area (Å²) in [6.07, 6.45) is 1.49. The number of esters is 1. The van der Waals surface area contributed by atoms with Crippen LogP contribution < -0.4 is 5.32 Å². The molecular formula is C11H12N4O3. The van der Waals surface area contributed by atoms with Gasteiger partial charge in [0.2, 0.25) is 5.82 Å². The lowest BCUT2D eigenvalue weighted by Crippen LogP contribution is -2.11. The first-order valence-corrected chi connectivity index (χ1v) is 5.26. The monoisotopic (exact) mass is 248 g/mol. The molecule has 0 aliphatic rings. The maximum absolute atomic E-state index is 11.3. The Morgan fingerprint density at radius 3 is 3.00 bits per heavy atom. The van der Waals surface area contributed by atoms with Crippen LogP contribution in [0.25, 0.3) is 0 Å². The zero-order valence-electron chi connectivity index (χ0n) is 10.0. The van der Waals surface area contributed by atoms with E-state index in [1.54, 1.807) is 19.1 Å². The van der Waals surface area contributed by atoms with Crippen LogP contribution in [0.3, 0.4) is 0 Å². The summed E-state index contributed by atoms with van der Waals surface area (Å²) >= 11 is 0. The molecule has 2 aromatic rings. The van der Waals surface area contributed by atoms with Gasteiger partial charge in [0.15, 0.2) is 0 Å². The van der Waals surface area contributed by atoms with Crippen molar-refractivity contribution < 1.29 is 14.1 Å². The highest BCUT2D eigenvalue weighted by atomic mass is 16.5. The Kier molecular flexibility index (Phi) is 3.52. The second-order valence-corrected chi connectivity index (χ2v) is 3.55. The summed E-state index contributed by atoms with van der Waals surface area (Å²) in [6, 6.07) is 3.47. The van der Waals surface area contributed by atoms with Crippen molar-refractivity contribution in [1.29, 1.82) is 0 Å². The van der Waals surface area contributed by atoms with Crippen LogP contribution in [0.2, 0.25) is 0 Å². The minimum Gasteiger partial charge on any atom is -0.463 e. The van der Waals surface area contributed by atoms with Crippen molar-refractivity contribution in [3.05, 3.63) is 35.6 Å². The Morgan fingerprint density at radius 1 is 1.50 bits per heavy atom. The van der Waals surface area contributed by atoms with Gasteiger partial charge in [0.25, 0.3) is 0 Å². The van der Waals surface area contributed by atoms with E-state index in [1.807, 2.05) is 0 Å². The molecule has 1 N–H and O–H groups in total. The van der Waals surface area contributed by atoms with Crippen LogP contribution in [0, 0.1) is 6.92 Å². The van der Waals surface area contributed by atoms with Gasteiger partial charge in [-0.15, -0.1) is 0 Å². The second kappa shape index (κ2) is 5.26. The standard InChI is InChI=1S/C11H12N4O3/c1-7-5-9(12-6-8-3-4-18-15-8)14-10(13-7)11(16)17-2/h3-5H,6H2,1-2H3,(H,12,13,14). The molecule has 0 spiro atoms. The first kappa shape index (κ1) is 12.0. The Hall–Kier alpha value is -2.44. The Bertz CT molecular complexity index is 539. The average molecular weight is 248 g/mol. The normalized spacial score (nSPS) is 10.1. The van der Waals surface area contributed by atoms with Gasteiger partial charge in [-0.1, -0.05) is 5.16 Å². The molecule has 0 bridgehead atoms. The molecule has 2 aromatic heterocycles. The Morgan fingerprint density at radius 2 is 2.33 bits per heavy atom. The Balaban J connectivity index is 2.12. The van der Waals surface area contributed by atoms with E-state index in [2.05, 4.69) is 25.2 Å². The lowest BCUT2D eigenvalue weighted by Gasteiger charge is -2.06. The number of aryl methyl sites for hydroxylation is 1. The summed E-state index contributed by atoms with van der Waals surface area (Å²) in [5.74, 6) is -0.00533. The van der Waals surface area contributed by atoms with Crippen molar-refractivity contribution in [3.63, 3.8) is 0 Å². The van der Waals surface area contributed by atoms with E-state index in [4.69, 9.17) is 4.52 Å². The van der Waals surface area contributed by atoms with Crippen LogP contribution in [-0.2, 0) is 11.3 Å². The van der Waals surface area contributed by atoms with E-state index in [9.17, 15) is 4.79 Å². The van der Waals surface area contributed by atoms with Crippen molar-refractivity contribution in [3.8, 4) is 0 Å². The zero-order chi connectivity index (χ0) is 13.0. The fourth-order valence-electron chi connectivity index (χ4n) is 1.35. The summed E-state index contributed by atoms with van der Waals surface area (Å²) < 4.78 is 9.29. The van der Waals surface area contributed by atoms with Gasteiger partial charge < -0.3 is 14.6 Å². The van der Waals surface area contributed by atoms with Crippen LogP contribution >= 0.6 is 0 Å². The van der Waals surface area contributed by atoms with Crippen molar-refractivity contribution in [1.82, 2.24) is 15.1 Å². The maximum Gasteiger partial charge on any atom is 0.376 e. The molecule has 2 heterocycles. The van der Waals surface area contributed by atoms with Crippen LogP contribution in [0.15, 0.2) is 22.9 Å². The van der Waals surface area contributed by atoms with Gasteiger partial charge in [-0.25, -0.2) is 14.8 Å². The zero-order valence-corrected chi connectivity index (χ0v) is 10.0. The number of nitrogens with one attached hydrogen (secondary N) is 1. The van der Waals surface area contributed by atoms with Gasteiger partial charge in [0.05, 0.1) is 13.7 Å². The predicted molar refractivity (Wildman–Crippen MR) is 61.9 cm³/mol. The van der Waals surface area contributed by atoms with E-state index in [0.29, 0.717) is 18.1 Å². The predicted octanol–water partition coefficient (Wildman–Crippen LogP) is 1.17. The molecule has 2 rings (SSSR count). The number of methoxy groups -OCH3 is 1. The molecule has 0 aromatic carbocycles. The third-order valence-electron chi connectivity index (χ3n) is 2.16. The SMILES string of the molecule is COC(=O)c1nc(C)cc(NCc2ccon2)n1. The molecule has 0 unspecified atom stereocenters. The molecule has 0 radical (unpaired) electrons. The maximum atomic E-state index is 11.3. The van der Waals surface area contributed by atoms with Crippen molar-refractivity contribution >= 4 is 11.8 Å². The number of ether oxygens (including phenoxy) is 1. The van der Waals surface area contributed by atoms with E-state index in [1.165, 1.54) is 13.4 Å². The molecule has 0 amide bonds. The van der Waals surface area contributed by atoms with E-state index in [0.717, 1.165) is 5.69 Å². The highest BCUT2D eigenvalue weighted by molar-refractivity contribution is 5.85. The molecule has 0 saturated heterocycles. The van der Waals surface area contributed by atoms with Gasteiger partial charge in [-0.2, -0.15) is 0 Å². The number of hydrogen-bond acceptors (Lipinski definition) is 7. The molecule has 0 aliphatic carbocycles. The lowest BCUT2D eigenvalue weighted by atomic mass is 10.4. The third kappa shape index (κ3) is 2.82. The van der Waals surface area contributed by atoms with Gasteiger partial charge in [0, 0.05) is 17.8 Å². The van der Waals surface area contributed by atoms with Gasteiger partial charge >= 0.3 is 5.97 Å². The van der Waals surface area contributed by atoms with Gasteiger partial charge in [0.1, 0.15) is 17.8 Å². The van der Waals surface area contributed by atoms with E-state index >= 15 is 0 Å². The average Bonchev–Trinajstić information content (AvgIpc) is 2.88. The number of hydrogen-bond donors (Lipinski definition) is 1. The third-order valence-corrected chi connectivity index (χ3v) is 2.16. The van der Waals surface area contributed by atoms with Crippen LogP contribution in [0.4, 0.5) is 5.82 Å². The fraction of sp³-hybridized carbons (Fsp3) is 0.273. The summed E-state index contributed by atoms with van der Waals surface area (Å²) in [7, 11) is 1.29. The molecule has 94 valence electrons. The number of rotatable bonds is 4. The van der Waals surface area contributed by atoms with Gasteiger partial charge in [-0.05, 0) is 6.92 Å². The quantitative estimate of drug-likeness (QED) is 0.812. The molecule has 7 heteroatoms. The molecule has 0 aliphatic heterocycles. The van der Waals surface area contributed by atoms with Crippen LogP contribution in [0.5, 0.6) is 0 Å². The second-order valence-electron chi connectivity index (χ2n) is 3.55.